The Balaban J connectivity index is 1.80. The van der Waals surface area contributed by atoms with E-state index >= 15 is 0 Å². The molecule has 1 heterocycles. The number of fused-ring (bicyclic) bond motifs is 1. The third-order valence-corrected chi connectivity index (χ3v) is 7.64. The molecule has 2 aromatic carbocycles. The highest BCUT2D eigenvalue weighted by molar-refractivity contribution is 7.93. The summed E-state index contributed by atoms with van der Waals surface area (Å²) in [5.74, 6) is 0.734. The topological polar surface area (TPSA) is 59.5 Å². The molecule has 3 rings (SSSR count). The molecule has 0 amide bonds. The number of hydrogen-bond acceptors (Lipinski definition) is 6. The van der Waals surface area contributed by atoms with E-state index < -0.39 is 9.84 Å². The van der Waals surface area contributed by atoms with Crippen LogP contribution in [0.3, 0.4) is 0 Å². The van der Waals surface area contributed by atoms with Gasteiger partial charge in [-0.2, -0.15) is 0 Å². The van der Waals surface area contributed by atoms with Gasteiger partial charge in [0.1, 0.15) is 12.4 Å². The molecule has 0 bridgehead atoms. The van der Waals surface area contributed by atoms with Crippen LogP contribution in [0.4, 0.5) is 0 Å². The summed E-state index contributed by atoms with van der Waals surface area (Å²) >= 11 is 1.18. The maximum Gasteiger partial charge on any atom is 0.233 e. The summed E-state index contributed by atoms with van der Waals surface area (Å²) in [7, 11) is -3.61. The molecular weight excluding hydrogens is 380 g/mol. The number of rotatable bonds is 8. The van der Waals surface area contributed by atoms with Crippen LogP contribution in [0.5, 0.6) is 5.75 Å². The van der Waals surface area contributed by atoms with Crippen LogP contribution < -0.4 is 4.74 Å². The van der Waals surface area contributed by atoms with Gasteiger partial charge in [0.2, 0.25) is 14.2 Å². The lowest BCUT2D eigenvalue weighted by atomic mass is 10.2. The second-order valence-electron chi connectivity index (χ2n) is 6.30. The fraction of sp³-hybridized carbons (Fsp3) is 0.350. The van der Waals surface area contributed by atoms with Gasteiger partial charge < -0.3 is 9.64 Å². The number of likely N-dealkylation sites (N-methyl/N-ethyl adjacent to an activating group) is 1. The van der Waals surface area contributed by atoms with E-state index in [9.17, 15) is 8.42 Å². The van der Waals surface area contributed by atoms with E-state index in [-0.39, 0.29) is 9.24 Å². The maximum absolute atomic E-state index is 12.8. The molecule has 144 valence electrons. The predicted molar refractivity (Wildman–Crippen MR) is 110 cm³/mol. The first-order chi connectivity index (χ1) is 12.9. The first-order valence-corrected chi connectivity index (χ1v) is 11.3. The number of ether oxygens (including phenoxy) is 1. The summed E-state index contributed by atoms with van der Waals surface area (Å²) in [5.41, 5.74) is 1.69. The number of benzene rings is 2. The monoisotopic (exact) mass is 404 g/mol. The van der Waals surface area contributed by atoms with Crippen molar-refractivity contribution >= 4 is 31.4 Å². The van der Waals surface area contributed by atoms with Gasteiger partial charge in [-0.1, -0.05) is 31.5 Å². The molecule has 0 spiro atoms. The fourth-order valence-corrected chi connectivity index (χ4v) is 5.38. The van der Waals surface area contributed by atoms with Crippen LogP contribution in [0, 0.1) is 6.92 Å². The van der Waals surface area contributed by atoms with Crippen molar-refractivity contribution in [3.63, 3.8) is 0 Å². The average molecular weight is 405 g/mol. The van der Waals surface area contributed by atoms with E-state index in [0.29, 0.717) is 12.1 Å². The summed E-state index contributed by atoms with van der Waals surface area (Å²) in [6.07, 6.45) is 0. The lowest BCUT2D eigenvalue weighted by molar-refractivity contribution is 0.223. The smallest absolute Gasteiger partial charge is 0.233 e. The van der Waals surface area contributed by atoms with Gasteiger partial charge in [0.25, 0.3) is 0 Å². The zero-order valence-corrected chi connectivity index (χ0v) is 17.4. The molecule has 5 nitrogen and oxygen atoms in total. The minimum Gasteiger partial charge on any atom is -0.492 e. The van der Waals surface area contributed by atoms with Crippen LogP contribution in [-0.4, -0.2) is 44.5 Å². The summed E-state index contributed by atoms with van der Waals surface area (Å²) in [4.78, 5) is 6.88. The highest BCUT2D eigenvalue weighted by Crippen LogP contribution is 2.32. The number of aryl methyl sites for hydroxylation is 1. The maximum atomic E-state index is 12.8. The van der Waals surface area contributed by atoms with Gasteiger partial charge in [-0.25, -0.2) is 13.4 Å². The number of sulfone groups is 1. The summed E-state index contributed by atoms with van der Waals surface area (Å²) in [6, 6.07) is 12.4. The van der Waals surface area contributed by atoms with Gasteiger partial charge in [-0.05, 0) is 50.3 Å². The Kier molecular flexibility index (Phi) is 6.14. The summed E-state index contributed by atoms with van der Waals surface area (Å²) < 4.78 is 32.4. The lowest BCUT2D eigenvalue weighted by Crippen LogP contribution is -2.27. The lowest BCUT2D eigenvalue weighted by Gasteiger charge is -2.17. The summed E-state index contributed by atoms with van der Waals surface area (Å²) in [6.45, 7) is 9.63. The van der Waals surface area contributed by atoms with E-state index in [1.165, 1.54) is 11.3 Å². The molecule has 0 saturated carbocycles. The van der Waals surface area contributed by atoms with Gasteiger partial charge in [0.15, 0.2) is 0 Å². The largest absolute Gasteiger partial charge is 0.492 e. The molecule has 0 radical (unpaired) electrons. The van der Waals surface area contributed by atoms with E-state index in [1.807, 2.05) is 25.1 Å². The standard InChI is InChI=1S/C20H24N2O3S2/c1-4-22(5-2)12-13-25-16-8-11-18-19(14-16)26-20(21-18)27(23,24)17-9-6-15(3)7-10-17/h6-11,14H,4-5,12-13H2,1-3H3. The van der Waals surface area contributed by atoms with Crippen molar-refractivity contribution in [2.75, 3.05) is 26.2 Å². The second kappa shape index (κ2) is 8.37. The molecule has 0 N–H and O–H groups in total. The van der Waals surface area contributed by atoms with Crippen molar-refractivity contribution in [3.05, 3.63) is 48.0 Å². The third-order valence-electron chi connectivity index (χ3n) is 4.47. The number of aromatic nitrogens is 1. The van der Waals surface area contributed by atoms with Crippen molar-refractivity contribution in [1.29, 1.82) is 0 Å². The van der Waals surface area contributed by atoms with Crippen molar-refractivity contribution in [3.8, 4) is 5.75 Å². The van der Waals surface area contributed by atoms with Gasteiger partial charge in [-0.15, -0.1) is 11.3 Å². The van der Waals surface area contributed by atoms with Gasteiger partial charge in [0.05, 0.1) is 15.1 Å². The molecule has 0 atom stereocenters. The molecule has 0 aliphatic rings. The fourth-order valence-electron chi connectivity index (χ4n) is 2.74. The van der Waals surface area contributed by atoms with Crippen LogP contribution in [0.15, 0.2) is 51.7 Å². The van der Waals surface area contributed by atoms with Crippen LogP contribution in [0.1, 0.15) is 19.4 Å². The van der Waals surface area contributed by atoms with Gasteiger partial charge in [-0.3, -0.25) is 0 Å². The predicted octanol–water partition coefficient (Wildman–Crippen LogP) is 4.16. The van der Waals surface area contributed by atoms with Gasteiger partial charge >= 0.3 is 0 Å². The molecule has 0 aliphatic carbocycles. The molecule has 0 fully saturated rings. The minimum absolute atomic E-state index is 0.113. The number of hydrogen-bond donors (Lipinski definition) is 0. The van der Waals surface area contributed by atoms with Crippen LogP contribution in [-0.2, 0) is 9.84 Å². The van der Waals surface area contributed by atoms with Gasteiger partial charge in [0, 0.05) is 6.54 Å². The molecule has 7 heteroatoms. The minimum atomic E-state index is -3.61. The van der Waals surface area contributed by atoms with Crippen LogP contribution in [0.2, 0.25) is 0 Å². The van der Waals surface area contributed by atoms with Crippen molar-refractivity contribution in [2.24, 2.45) is 0 Å². The zero-order valence-electron chi connectivity index (χ0n) is 15.8. The first-order valence-electron chi connectivity index (χ1n) is 9.01. The van der Waals surface area contributed by atoms with Crippen molar-refractivity contribution in [1.82, 2.24) is 9.88 Å². The average Bonchev–Trinajstić information content (AvgIpc) is 3.10. The quantitative estimate of drug-likeness (QED) is 0.564. The zero-order chi connectivity index (χ0) is 19.4. The van der Waals surface area contributed by atoms with E-state index in [0.717, 1.165) is 35.6 Å². The first kappa shape index (κ1) is 19.8. The Hall–Kier alpha value is -1.96. The molecule has 3 aromatic rings. The Morgan fingerprint density at radius 1 is 1.07 bits per heavy atom. The van der Waals surface area contributed by atoms with E-state index in [1.54, 1.807) is 24.3 Å². The van der Waals surface area contributed by atoms with Crippen LogP contribution in [0.25, 0.3) is 10.2 Å². The normalized spacial score (nSPS) is 12.0. The van der Waals surface area contributed by atoms with E-state index in [2.05, 4.69) is 23.7 Å². The summed E-state index contributed by atoms with van der Waals surface area (Å²) in [5, 5.41) is 0. The van der Waals surface area contributed by atoms with Crippen LogP contribution >= 0.6 is 11.3 Å². The van der Waals surface area contributed by atoms with E-state index in [4.69, 9.17) is 4.74 Å². The Bertz CT molecular complexity index is 1010. The molecular formula is C20H24N2O3S2. The number of nitrogens with zero attached hydrogens (tertiary/aromatic N) is 2. The molecule has 0 aliphatic heterocycles. The SMILES string of the molecule is CCN(CC)CCOc1ccc2nc(S(=O)(=O)c3ccc(C)cc3)sc2c1. The second-order valence-corrected chi connectivity index (χ2v) is 9.46. The Labute approximate surface area is 164 Å². The van der Waals surface area contributed by atoms with Crippen molar-refractivity contribution in [2.45, 2.75) is 30.0 Å². The molecule has 27 heavy (non-hydrogen) atoms. The third kappa shape index (κ3) is 4.48. The number of thiazole rings is 1. The van der Waals surface area contributed by atoms with Crippen molar-refractivity contribution < 1.29 is 13.2 Å². The highest BCUT2D eigenvalue weighted by atomic mass is 32.2. The Morgan fingerprint density at radius 2 is 1.78 bits per heavy atom. The molecule has 0 saturated heterocycles. The Morgan fingerprint density at radius 3 is 2.44 bits per heavy atom. The highest BCUT2D eigenvalue weighted by Gasteiger charge is 2.22. The molecule has 1 aromatic heterocycles. The molecule has 0 unspecified atom stereocenters.